The summed E-state index contributed by atoms with van der Waals surface area (Å²) in [6, 6.07) is 2.96. The monoisotopic (exact) mass is 230 g/mol. The van der Waals surface area contributed by atoms with Crippen molar-refractivity contribution in [2.75, 3.05) is 0 Å². The fourth-order valence-electron chi connectivity index (χ4n) is 1.96. The molecule has 1 aliphatic rings. The molecule has 0 fully saturated rings. The van der Waals surface area contributed by atoms with E-state index < -0.39 is 0 Å². The van der Waals surface area contributed by atoms with E-state index in [9.17, 15) is 4.39 Å². The Morgan fingerprint density at radius 3 is 2.88 bits per heavy atom. The average Bonchev–Trinajstić information content (AvgIpc) is 2.78. The summed E-state index contributed by atoms with van der Waals surface area (Å²) < 4.78 is 12.8. The second-order valence-corrected chi connectivity index (χ2v) is 4.02. The predicted molar refractivity (Wildman–Crippen MR) is 60.5 cm³/mol. The van der Waals surface area contributed by atoms with Gasteiger partial charge in [-0.2, -0.15) is 0 Å². The van der Waals surface area contributed by atoms with Gasteiger partial charge >= 0.3 is 0 Å². The summed E-state index contributed by atoms with van der Waals surface area (Å²) in [5.41, 5.74) is 3.74. The van der Waals surface area contributed by atoms with Crippen molar-refractivity contribution in [1.82, 2.24) is 20.3 Å². The predicted octanol–water partition coefficient (Wildman–Crippen LogP) is 1.59. The highest BCUT2D eigenvalue weighted by atomic mass is 19.1. The van der Waals surface area contributed by atoms with Crippen LogP contribution in [0, 0.1) is 12.7 Å². The van der Waals surface area contributed by atoms with Crippen molar-refractivity contribution in [2.45, 2.75) is 20.0 Å². The third-order valence-corrected chi connectivity index (χ3v) is 2.85. The Labute approximate surface area is 98.0 Å². The highest BCUT2D eigenvalue weighted by Gasteiger charge is 2.17. The van der Waals surface area contributed by atoms with Gasteiger partial charge in [-0.05, 0) is 19.1 Å². The first kappa shape index (κ1) is 10.3. The second-order valence-electron chi connectivity index (χ2n) is 4.02. The number of nitrogens with one attached hydrogen (secondary N) is 1. The standard InChI is InChI=1S/C12H11FN4/c1-7-9-5-14-6-11(9)17-12(16-7)10-3-2-8(13)4-15-10/h2-4,14H,5-6H2,1H3. The van der Waals surface area contributed by atoms with E-state index >= 15 is 0 Å². The smallest absolute Gasteiger partial charge is 0.178 e. The molecule has 0 saturated heterocycles. The van der Waals surface area contributed by atoms with Crippen LogP contribution in [-0.2, 0) is 13.1 Å². The number of nitrogens with zero attached hydrogens (tertiary/aromatic N) is 3. The minimum Gasteiger partial charge on any atom is -0.307 e. The number of halogens is 1. The van der Waals surface area contributed by atoms with Crippen LogP contribution >= 0.6 is 0 Å². The fourth-order valence-corrected chi connectivity index (χ4v) is 1.96. The molecule has 4 nitrogen and oxygen atoms in total. The zero-order chi connectivity index (χ0) is 11.8. The zero-order valence-corrected chi connectivity index (χ0v) is 9.37. The summed E-state index contributed by atoms with van der Waals surface area (Å²) in [6.45, 7) is 3.53. The first-order valence-electron chi connectivity index (χ1n) is 5.43. The SMILES string of the molecule is Cc1nc(-c2ccc(F)cn2)nc2c1CNC2. The molecule has 0 unspecified atom stereocenters. The van der Waals surface area contributed by atoms with Gasteiger partial charge in [0.1, 0.15) is 11.5 Å². The van der Waals surface area contributed by atoms with Crippen LogP contribution in [0.15, 0.2) is 18.3 Å². The Morgan fingerprint density at radius 2 is 2.12 bits per heavy atom. The van der Waals surface area contributed by atoms with Gasteiger partial charge in [0.2, 0.25) is 0 Å². The molecule has 0 aliphatic carbocycles. The van der Waals surface area contributed by atoms with E-state index in [0.29, 0.717) is 11.5 Å². The molecule has 2 aromatic heterocycles. The molecule has 86 valence electrons. The molecule has 0 spiro atoms. The van der Waals surface area contributed by atoms with Crippen LogP contribution in [0.4, 0.5) is 4.39 Å². The van der Waals surface area contributed by atoms with Gasteiger partial charge in [0, 0.05) is 24.3 Å². The number of pyridine rings is 1. The molecule has 0 aromatic carbocycles. The van der Waals surface area contributed by atoms with E-state index in [-0.39, 0.29) is 5.82 Å². The van der Waals surface area contributed by atoms with E-state index in [4.69, 9.17) is 0 Å². The van der Waals surface area contributed by atoms with E-state index in [1.807, 2.05) is 6.92 Å². The van der Waals surface area contributed by atoms with E-state index in [1.165, 1.54) is 12.3 Å². The summed E-state index contributed by atoms with van der Waals surface area (Å²) in [4.78, 5) is 12.9. The van der Waals surface area contributed by atoms with E-state index in [1.54, 1.807) is 6.07 Å². The molecule has 1 N–H and O–H groups in total. The van der Waals surface area contributed by atoms with Crippen molar-refractivity contribution in [1.29, 1.82) is 0 Å². The van der Waals surface area contributed by atoms with Crippen LogP contribution in [0.25, 0.3) is 11.5 Å². The largest absolute Gasteiger partial charge is 0.307 e. The first-order chi connectivity index (χ1) is 8.24. The molecular weight excluding hydrogens is 219 g/mol. The number of hydrogen-bond acceptors (Lipinski definition) is 4. The van der Waals surface area contributed by atoms with Crippen LogP contribution < -0.4 is 5.32 Å². The average molecular weight is 230 g/mol. The Bertz CT molecular complexity index is 565. The third kappa shape index (κ3) is 1.78. The Kier molecular flexibility index (Phi) is 2.33. The lowest BCUT2D eigenvalue weighted by Crippen LogP contribution is -2.01. The zero-order valence-electron chi connectivity index (χ0n) is 9.37. The van der Waals surface area contributed by atoms with Crippen molar-refractivity contribution in [3.8, 4) is 11.5 Å². The van der Waals surface area contributed by atoms with Gasteiger partial charge in [-0.15, -0.1) is 0 Å². The lowest BCUT2D eigenvalue weighted by molar-refractivity contribution is 0.621. The van der Waals surface area contributed by atoms with Gasteiger partial charge in [0.15, 0.2) is 5.82 Å². The van der Waals surface area contributed by atoms with E-state index in [0.717, 1.165) is 30.0 Å². The van der Waals surface area contributed by atoms with E-state index in [2.05, 4.69) is 20.3 Å². The molecule has 17 heavy (non-hydrogen) atoms. The lowest BCUT2D eigenvalue weighted by atomic mass is 10.2. The molecular formula is C12H11FN4. The van der Waals surface area contributed by atoms with Gasteiger partial charge in [0.25, 0.3) is 0 Å². The summed E-state index contributed by atoms with van der Waals surface area (Å²) >= 11 is 0. The van der Waals surface area contributed by atoms with Gasteiger partial charge < -0.3 is 5.32 Å². The molecule has 3 heterocycles. The van der Waals surface area contributed by atoms with Crippen LogP contribution in [0.3, 0.4) is 0 Å². The summed E-state index contributed by atoms with van der Waals surface area (Å²) in [7, 11) is 0. The Morgan fingerprint density at radius 1 is 1.24 bits per heavy atom. The summed E-state index contributed by atoms with van der Waals surface area (Å²) in [6.07, 6.45) is 1.18. The third-order valence-electron chi connectivity index (χ3n) is 2.85. The molecule has 5 heteroatoms. The van der Waals surface area contributed by atoms with Gasteiger partial charge in [-0.3, -0.25) is 0 Å². The lowest BCUT2D eigenvalue weighted by Gasteiger charge is -2.05. The molecule has 0 atom stereocenters. The maximum absolute atomic E-state index is 12.8. The minimum atomic E-state index is -0.353. The number of aryl methyl sites for hydroxylation is 1. The molecule has 3 rings (SSSR count). The molecule has 0 bridgehead atoms. The van der Waals surface area contributed by atoms with Gasteiger partial charge in [-0.25, -0.2) is 19.3 Å². The first-order valence-corrected chi connectivity index (χ1v) is 5.43. The normalized spacial score (nSPS) is 13.8. The number of rotatable bonds is 1. The molecule has 2 aromatic rings. The van der Waals surface area contributed by atoms with Crippen LogP contribution in [0.5, 0.6) is 0 Å². The summed E-state index contributed by atoms with van der Waals surface area (Å²) in [5.74, 6) is 0.207. The van der Waals surface area contributed by atoms with Crippen LogP contribution in [-0.4, -0.2) is 15.0 Å². The quantitative estimate of drug-likeness (QED) is 0.808. The van der Waals surface area contributed by atoms with Crippen molar-refractivity contribution in [2.24, 2.45) is 0 Å². The second kappa shape index (κ2) is 3.85. The maximum atomic E-state index is 12.8. The van der Waals surface area contributed by atoms with Gasteiger partial charge in [0.05, 0.1) is 11.9 Å². The van der Waals surface area contributed by atoms with Crippen LogP contribution in [0.2, 0.25) is 0 Å². The van der Waals surface area contributed by atoms with Crippen molar-refractivity contribution in [3.63, 3.8) is 0 Å². The Hall–Kier alpha value is -1.88. The highest BCUT2D eigenvalue weighted by Crippen LogP contribution is 2.20. The molecule has 0 saturated carbocycles. The van der Waals surface area contributed by atoms with Crippen molar-refractivity contribution in [3.05, 3.63) is 41.1 Å². The van der Waals surface area contributed by atoms with Gasteiger partial charge in [-0.1, -0.05) is 0 Å². The molecule has 0 amide bonds. The number of hydrogen-bond donors (Lipinski definition) is 1. The fraction of sp³-hybridized carbons (Fsp3) is 0.250. The number of aromatic nitrogens is 3. The molecule has 1 aliphatic heterocycles. The molecule has 0 radical (unpaired) electrons. The Balaban J connectivity index is 2.10. The maximum Gasteiger partial charge on any atom is 0.178 e. The minimum absolute atomic E-state index is 0.353. The van der Waals surface area contributed by atoms with Crippen molar-refractivity contribution < 1.29 is 4.39 Å². The van der Waals surface area contributed by atoms with Crippen molar-refractivity contribution >= 4 is 0 Å². The topological polar surface area (TPSA) is 50.7 Å². The van der Waals surface area contributed by atoms with Crippen LogP contribution in [0.1, 0.15) is 17.0 Å². The highest BCUT2D eigenvalue weighted by molar-refractivity contribution is 5.50. The number of fused-ring (bicyclic) bond motifs is 1. The summed E-state index contributed by atoms with van der Waals surface area (Å²) in [5, 5.41) is 3.23.